The van der Waals surface area contributed by atoms with E-state index in [4.69, 9.17) is 4.74 Å². The maximum atomic E-state index is 5.73. The first-order valence-corrected chi connectivity index (χ1v) is 7.56. The van der Waals surface area contributed by atoms with E-state index in [0.29, 0.717) is 5.88 Å². The van der Waals surface area contributed by atoms with Crippen molar-refractivity contribution >= 4 is 5.71 Å². The molecule has 0 saturated heterocycles. The van der Waals surface area contributed by atoms with Gasteiger partial charge in [-0.25, -0.2) is 4.99 Å². The van der Waals surface area contributed by atoms with Crippen LogP contribution in [0.3, 0.4) is 0 Å². The minimum absolute atomic E-state index is 0.0783. The number of aliphatic imine (C=N–C) groups is 1. The van der Waals surface area contributed by atoms with Crippen LogP contribution in [0.1, 0.15) is 52.9 Å². The zero-order chi connectivity index (χ0) is 15.0. The van der Waals surface area contributed by atoms with Crippen molar-refractivity contribution in [3.8, 4) is 0 Å². The topological polar surface area (TPSA) is 21.6 Å². The molecule has 0 aromatic carbocycles. The number of hydrogen-bond acceptors (Lipinski definition) is 2. The van der Waals surface area contributed by atoms with Gasteiger partial charge in [-0.2, -0.15) is 0 Å². The van der Waals surface area contributed by atoms with Crippen LogP contribution >= 0.6 is 0 Å². The first-order valence-electron chi connectivity index (χ1n) is 7.56. The lowest BCUT2D eigenvalue weighted by Gasteiger charge is -2.30. The maximum Gasteiger partial charge on any atom is 0.211 e. The second-order valence-corrected chi connectivity index (χ2v) is 5.14. The van der Waals surface area contributed by atoms with Crippen LogP contribution in [-0.4, -0.2) is 5.71 Å². The summed E-state index contributed by atoms with van der Waals surface area (Å²) in [5.41, 5.74) is 1.07. The van der Waals surface area contributed by atoms with Crippen LogP contribution in [0.2, 0.25) is 0 Å². The molecule has 20 heavy (non-hydrogen) atoms. The summed E-state index contributed by atoms with van der Waals surface area (Å²) in [6, 6.07) is 0. The Morgan fingerprint density at radius 1 is 1.35 bits per heavy atom. The fourth-order valence-corrected chi connectivity index (χ4v) is 2.65. The van der Waals surface area contributed by atoms with E-state index >= 15 is 0 Å². The van der Waals surface area contributed by atoms with Crippen LogP contribution in [0.5, 0.6) is 0 Å². The molecule has 1 rings (SSSR count). The van der Waals surface area contributed by atoms with E-state index in [1.807, 2.05) is 18.2 Å². The first kappa shape index (κ1) is 16.5. The van der Waals surface area contributed by atoms with Crippen molar-refractivity contribution in [2.45, 2.75) is 52.9 Å². The first-order chi connectivity index (χ1) is 9.61. The molecule has 0 aromatic heterocycles. The average molecular weight is 273 g/mol. The van der Waals surface area contributed by atoms with E-state index in [0.717, 1.165) is 43.6 Å². The second-order valence-electron chi connectivity index (χ2n) is 5.14. The van der Waals surface area contributed by atoms with Crippen molar-refractivity contribution in [1.29, 1.82) is 0 Å². The van der Waals surface area contributed by atoms with Gasteiger partial charge in [0.25, 0.3) is 0 Å². The van der Waals surface area contributed by atoms with Crippen LogP contribution in [0.25, 0.3) is 0 Å². The Balaban J connectivity index is 2.87. The van der Waals surface area contributed by atoms with Crippen molar-refractivity contribution in [1.82, 2.24) is 0 Å². The highest BCUT2D eigenvalue weighted by Gasteiger charge is 2.28. The fourth-order valence-electron chi connectivity index (χ4n) is 2.65. The molecule has 0 fully saturated rings. The Kier molecular flexibility index (Phi) is 6.50. The molecule has 1 aliphatic rings. The Hall–Kier alpha value is -1.57. The SMILES string of the molecule is C=C/C(=N\C(=C)OC1=CC=CCC1)C(CC)(CC)CC. The van der Waals surface area contributed by atoms with Gasteiger partial charge in [-0.1, -0.05) is 39.5 Å². The fraction of sp³-hybridized carbons (Fsp3) is 0.500. The maximum absolute atomic E-state index is 5.73. The molecule has 1 aliphatic carbocycles. The van der Waals surface area contributed by atoms with Gasteiger partial charge in [0, 0.05) is 17.5 Å². The van der Waals surface area contributed by atoms with Gasteiger partial charge < -0.3 is 4.74 Å². The largest absolute Gasteiger partial charge is 0.444 e. The second kappa shape index (κ2) is 7.88. The molecule has 0 aliphatic heterocycles. The predicted octanol–water partition coefficient (Wildman–Crippen LogP) is 5.55. The van der Waals surface area contributed by atoms with Gasteiger partial charge in [0.15, 0.2) is 0 Å². The monoisotopic (exact) mass is 273 g/mol. The number of nitrogens with zero attached hydrogens (tertiary/aromatic N) is 1. The van der Waals surface area contributed by atoms with E-state index in [2.05, 4.69) is 45.0 Å². The van der Waals surface area contributed by atoms with Gasteiger partial charge in [-0.3, -0.25) is 0 Å². The summed E-state index contributed by atoms with van der Waals surface area (Å²) in [5.74, 6) is 1.39. The van der Waals surface area contributed by atoms with Crippen LogP contribution in [0.15, 0.2) is 54.1 Å². The molecular formula is C18H27NO. The summed E-state index contributed by atoms with van der Waals surface area (Å²) in [4.78, 5) is 4.59. The lowest BCUT2D eigenvalue weighted by atomic mass is 9.75. The summed E-state index contributed by atoms with van der Waals surface area (Å²) in [6.07, 6.45) is 13.0. The molecule has 0 saturated carbocycles. The third-order valence-electron chi connectivity index (χ3n) is 4.24. The third-order valence-corrected chi connectivity index (χ3v) is 4.24. The average Bonchev–Trinajstić information content (AvgIpc) is 2.49. The van der Waals surface area contributed by atoms with E-state index in [-0.39, 0.29) is 5.41 Å². The van der Waals surface area contributed by atoms with E-state index in [1.54, 1.807) is 0 Å². The summed E-state index contributed by atoms with van der Waals surface area (Å²) in [5, 5.41) is 0. The molecule has 0 amide bonds. The molecule has 2 heteroatoms. The number of hydrogen-bond donors (Lipinski definition) is 0. The summed E-state index contributed by atoms with van der Waals surface area (Å²) in [6.45, 7) is 14.4. The van der Waals surface area contributed by atoms with Crippen LogP contribution in [0.4, 0.5) is 0 Å². The van der Waals surface area contributed by atoms with E-state index < -0.39 is 0 Å². The zero-order valence-electron chi connectivity index (χ0n) is 13.1. The van der Waals surface area contributed by atoms with E-state index in [1.165, 1.54) is 0 Å². The van der Waals surface area contributed by atoms with Gasteiger partial charge in [-0.15, -0.1) is 0 Å². The smallest absolute Gasteiger partial charge is 0.211 e. The van der Waals surface area contributed by atoms with Crippen molar-refractivity contribution in [2.24, 2.45) is 10.4 Å². The Bertz CT molecular complexity index is 428. The molecule has 0 heterocycles. The van der Waals surface area contributed by atoms with Gasteiger partial charge in [0.1, 0.15) is 5.76 Å². The lowest BCUT2D eigenvalue weighted by Crippen LogP contribution is -2.28. The summed E-state index contributed by atoms with van der Waals surface area (Å²) < 4.78 is 5.73. The van der Waals surface area contributed by atoms with Crippen molar-refractivity contribution < 1.29 is 4.74 Å². The van der Waals surface area contributed by atoms with Crippen molar-refractivity contribution in [2.75, 3.05) is 0 Å². The summed E-state index contributed by atoms with van der Waals surface area (Å²) in [7, 11) is 0. The Morgan fingerprint density at radius 2 is 2.00 bits per heavy atom. The molecular weight excluding hydrogens is 246 g/mol. The molecule has 0 bridgehead atoms. The van der Waals surface area contributed by atoms with Crippen LogP contribution < -0.4 is 0 Å². The minimum Gasteiger partial charge on any atom is -0.444 e. The standard InChI is InChI=1S/C18H27NO/c1-6-17(18(7-2,8-3)9-4)19-15(5)20-16-13-11-10-12-14-16/h6,10-11,13H,1,5,7-9,12,14H2,2-4H3/b19-17+. The third kappa shape index (κ3) is 3.96. The van der Waals surface area contributed by atoms with Crippen molar-refractivity contribution in [3.05, 3.63) is 49.1 Å². The van der Waals surface area contributed by atoms with Gasteiger partial charge in [0.05, 0.1) is 0 Å². The number of allylic oxidation sites excluding steroid dienone is 5. The highest BCUT2D eigenvalue weighted by atomic mass is 16.5. The highest BCUT2D eigenvalue weighted by molar-refractivity contribution is 5.99. The van der Waals surface area contributed by atoms with Gasteiger partial charge in [0.2, 0.25) is 5.88 Å². The van der Waals surface area contributed by atoms with Crippen molar-refractivity contribution in [3.63, 3.8) is 0 Å². The minimum atomic E-state index is 0.0783. The number of rotatable bonds is 8. The summed E-state index contributed by atoms with van der Waals surface area (Å²) >= 11 is 0. The normalized spacial score (nSPS) is 15.8. The molecule has 0 N–H and O–H groups in total. The van der Waals surface area contributed by atoms with Crippen LogP contribution in [0, 0.1) is 5.41 Å². The molecule has 0 aromatic rings. The molecule has 0 unspecified atom stereocenters. The molecule has 0 radical (unpaired) electrons. The molecule has 110 valence electrons. The molecule has 2 nitrogen and oxygen atoms in total. The van der Waals surface area contributed by atoms with Gasteiger partial charge >= 0.3 is 0 Å². The Labute approximate surface area is 123 Å². The Morgan fingerprint density at radius 3 is 2.45 bits per heavy atom. The van der Waals surface area contributed by atoms with E-state index in [9.17, 15) is 0 Å². The quantitative estimate of drug-likeness (QED) is 0.419. The highest BCUT2D eigenvalue weighted by Crippen LogP contribution is 2.33. The predicted molar refractivity (Wildman–Crippen MR) is 87.6 cm³/mol. The molecule has 0 spiro atoms. The molecule has 0 atom stereocenters. The van der Waals surface area contributed by atoms with Gasteiger partial charge in [-0.05, 0) is 44.4 Å². The number of ether oxygens (including phenoxy) is 1. The zero-order valence-corrected chi connectivity index (χ0v) is 13.1. The lowest BCUT2D eigenvalue weighted by molar-refractivity contribution is 0.286. The van der Waals surface area contributed by atoms with Crippen LogP contribution in [-0.2, 0) is 4.74 Å².